The van der Waals surface area contributed by atoms with Crippen molar-refractivity contribution < 1.29 is 9.50 Å². The molecule has 1 rings (SSSR count). The zero-order valence-corrected chi connectivity index (χ0v) is 6.82. The lowest BCUT2D eigenvalue weighted by Gasteiger charge is -2.31. The van der Waals surface area contributed by atoms with Crippen LogP contribution in [0.4, 0.5) is 4.39 Å². The van der Waals surface area contributed by atoms with Gasteiger partial charge in [0, 0.05) is 0 Å². The quantitative estimate of drug-likeness (QED) is 0.553. The lowest BCUT2D eigenvalue weighted by molar-refractivity contribution is -0.0720. The summed E-state index contributed by atoms with van der Waals surface area (Å²) < 4.78 is 13.5. The minimum atomic E-state index is -1.40. The second-order valence-corrected chi connectivity index (χ2v) is 3.79. The Morgan fingerprint density at radius 3 is 2.10 bits per heavy atom. The fourth-order valence-corrected chi connectivity index (χ4v) is 1.54. The molecule has 1 fully saturated rings. The van der Waals surface area contributed by atoms with Gasteiger partial charge in [0.05, 0.1) is 5.60 Å². The van der Waals surface area contributed by atoms with Gasteiger partial charge in [-0.05, 0) is 32.6 Å². The van der Waals surface area contributed by atoms with Crippen LogP contribution in [0.25, 0.3) is 0 Å². The molecule has 0 bridgehead atoms. The van der Waals surface area contributed by atoms with Crippen LogP contribution >= 0.6 is 0 Å². The van der Waals surface area contributed by atoms with Crippen LogP contribution in [0.5, 0.6) is 0 Å². The van der Waals surface area contributed by atoms with Crippen molar-refractivity contribution in [2.24, 2.45) is 5.92 Å². The normalized spacial score (nSPS) is 55.5. The number of hydrogen-bond donors (Lipinski definition) is 1. The van der Waals surface area contributed by atoms with Crippen LogP contribution in [-0.4, -0.2) is 16.4 Å². The Balaban J connectivity index is 2.84. The maximum absolute atomic E-state index is 13.5. The van der Waals surface area contributed by atoms with Gasteiger partial charge < -0.3 is 5.11 Å². The second kappa shape index (κ2) is 1.94. The molecule has 0 radical (unpaired) electrons. The largest absolute Gasteiger partial charge is 0.387 e. The Bertz CT molecular complexity index is 140. The molecule has 1 nitrogen and oxygen atoms in total. The molecular formula is C8H15FO. The molecule has 0 amide bonds. The number of halogens is 1. The fraction of sp³-hybridized carbons (Fsp3) is 1.00. The third-order valence-corrected chi connectivity index (χ3v) is 3.04. The van der Waals surface area contributed by atoms with Gasteiger partial charge in [0.25, 0.3) is 0 Å². The van der Waals surface area contributed by atoms with Crippen molar-refractivity contribution in [3.63, 3.8) is 0 Å². The summed E-state index contributed by atoms with van der Waals surface area (Å²) in [5.41, 5.74) is -2.50. The molecule has 3 atom stereocenters. The first-order valence-corrected chi connectivity index (χ1v) is 3.79. The lowest BCUT2D eigenvalue weighted by Crippen LogP contribution is -2.44. The van der Waals surface area contributed by atoms with Crippen LogP contribution in [0.15, 0.2) is 0 Å². The maximum Gasteiger partial charge on any atom is 0.139 e. The molecule has 2 heteroatoms. The highest BCUT2D eigenvalue weighted by Gasteiger charge is 2.52. The Kier molecular flexibility index (Phi) is 1.55. The molecular weight excluding hydrogens is 131 g/mol. The number of alkyl halides is 1. The molecule has 10 heavy (non-hydrogen) atoms. The van der Waals surface area contributed by atoms with Crippen molar-refractivity contribution in [3.8, 4) is 0 Å². The molecule has 1 saturated carbocycles. The van der Waals surface area contributed by atoms with E-state index in [2.05, 4.69) is 0 Å². The van der Waals surface area contributed by atoms with Gasteiger partial charge in [0.15, 0.2) is 0 Å². The van der Waals surface area contributed by atoms with E-state index in [-0.39, 0.29) is 5.92 Å². The molecule has 0 aromatic carbocycles. The highest BCUT2D eigenvalue weighted by atomic mass is 19.1. The predicted molar refractivity (Wildman–Crippen MR) is 38.5 cm³/mol. The van der Waals surface area contributed by atoms with Crippen LogP contribution < -0.4 is 0 Å². The van der Waals surface area contributed by atoms with Gasteiger partial charge in [0.1, 0.15) is 5.67 Å². The van der Waals surface area contributed by atoms with Crippen LogP contribution in [0.3, 0.4) is 0 Å². The van der Waals surface area contributed by atoms with Crippen LogP contribution in [0, 0.1) is 5.92 Å². The molecule has 1 N–H and O–H groups in total. The monoisotopic (exact) mass is 146 g/mol. The molecule has 1 aliphatic rings. The molecule has 0 aromatic rings. The first kappa shape index (κ1) is 7.99. The van der Waals surface area contributed by atoms with Gasteiger partial charge in [0.2, 0.25) is 0 Å². The van der Waals surface area contributed by atoms with E-state index >= 15 is 0 Å². The first-order valence-electron chi connectivity index (χ1n) is 3.79. The Hall–Kier alpha value is -0.110. The Labute approximate surface area is 61.2 Å². The van der Waals surface area contributed by atoms with E-state index in [1.807, 2.05) is 6.92 Å². The topological polar surface area (TPSA) is 20.2 Å². The van der Waals surface area contributed by atoms with E-state index in [9.17, 15) is 9.50 Å². The summed E-state index contributed by atoms with van der Waals surface area (Å²) in [4.78, 5) is 0. The second-order valence-electron chi connectivity index (χ2n) is 3.79. The standard InChI is InChI=1S/C8H15FO/c1-6-4-5-7(2,10)8(6,3)9/h6,10H,4-5H2,1-3H3/t6?,7-,8-/m1/s1. The minimum Gasteiger partial charge on any atom is -0.387 e. The highest BCUT2D eigenvalue weighted by molar-refractivity contribution is 5.03. The average Bonchev–Trinajstić information content (AvgIpc) is 1.94. The molecule has 0 aromatic heterocycles. The molecule has 1 unspecified atom stereocenters. The van der Waals surface area contributed by atoms with Crippen molar-refractivity contribution in [1.29, 1.82) is 0 Å². The van der Waals surface area contributed by atoms with Crippen LogP contribution in [-0.2, 0) is 0 Å². The minimum absolute atomic E-state index is 0.0116. The van der Waals surface area contributed by atoms with Crippen molar-refractivity contribution in [2.45, 2.75) is 44.9 Å². The van der Waals surface area contributed by atoms with E-state index in [1.54, 1.807) is 6.92 Å². The van der Waals surface area contributed by atoms with Crippen LogP contribution in [0.1, 0.15) is 33.6 Å². The third-order valence-electron chi connectivity index (χ3n) is 3.04. The van der Waals surface area contributed by atoms with E-state index in [0.717, 1.165) is 6.42 Å². The summed E-state index contributed by atoms with van der Waals surface area (Å²) >= 11 is 0. The van der Waals surface area contributed by atoms with E-state index < -0.39 is 11.3 Å². The summed E-state index contributed by atoms with van der Waals surface area (Å²) in [6.45, 7) is 4.92. The van der Waals surface area contributed by atoms with E-state index in [0.29, 0.717) is 6.42 Å². The summed E-state index contributed by atoms with van der Waals surface area (Å²) in [7, 11) is 0. The van der Waals surface area contributed by atoms with Gasteiger partial charge >= 0.3 is 0 Å². The Morgan fingerprint density at radius 1 is 1.50 bits per heavy atom. The van der Waals surface area contributed by atoms with Gasteiger partial charge in [-0.1, -0.05) is 6.92 Å². The molecule has 0 saturated heterocycles. The smallest absolute Gasteiger partial charge is 0.139 e. The molecule has 0 spiro atoms. The summed E-state index contributed by atoms with van der Waals surface area (Å²) in [5.74, 6) is -0.0116. The van der Waals surface area contributed by atoms with E-state index in [1.165, 1.54) is 6.92 Å². The summed E-state index contributed by atoms with van der Waals surface area (Å²) in [6, 6.07) is 0. The van der Waals surface area contributed by atoms with Crippen molar-refractivity contribution in [1.82, 2.24) is 0 Å². The summed E-state index contributed by atoms with van der Waals surface area (Å²) in [6.07, 6.45) is 1.38. The molecule has 0 aliphatic heterocycles. The van der Waals surface area contributed by atoms with Gasteiger partial charge in [-0.2, -0.15) is 0 Å². The zero-order chi connectivity index (χ0) is 7.99. The number of hydrogen-bond acceptors (Lipinski definition) is 1. The van der Waals surface area contributed by atoms with Crippen molar-refractivity contribution in [2.75, 3.05) is 0 Å². The zero-order valence-electron chi connectivity index (χ0n) is 6.82. The lowest BCUT2D eigenvalue weighted by atomic mass is 9.87. The van der Waals surface area contributed by atoms with Crippen molar-refractivity contribution >= 4 is 0 Å². The number of rotatable bonds is 0. The van der Waals surface area contributed by atoms with E-state index in [4.69, 9.17) is 0 Å². The van der Waals surface area contributed by atoms with Crippen LogP contribution in [0.2, 0.25) is 0 Å². The average molecular weight is 146 g/mol. The Morgan fingerprint density at radius 2 is 2.00 bits per heavy atom. The summed E-state index contributed by atoms with van der Waals surface area (Å²) in [5, 5.41) is 9.52. The fourth-order valence-electron chi connectivity index (χ4n) is 1.54. The molecule has 0 heterocycles. The maximum atomic E-state index is 13.5. The van der Waals surface area contributed by atoms with Gasteiger partial charge in [-0.3, -0.25) is 0 Å². The molecule has 60 valence electrons. The number of aliphatic hydroxyl groups is 1. The molecule has 1 aliphatic carbocycles. The highest BCUT2D eigenvalue weighted by Crippen LogP contribution is 2.45. The van der Waals surface area contributed by atoms with Gasteiger partial charge in [-0.25, -0.2) is 4.39 Å². The van der Waals surface area contributed by atoms with Crippen molar-refractivity contribution in [3.05, 3.63) is 0 Å². The predicted octanol–water partition coefficient (Wildman–Crippen LogP) is 1.90. The third kappa shape index (κ3) is 0.858. The SMILES string of the molecule is CC1CC[C@@](C)(O)[C@]1(C)F. The van der Waals surface area contributed by atoms with Gasteiger partial charge in [-0.15, -0.1) is 0 Å². The first-order chi connectivity index (χ1) is 4.38.